The molecule has 1 aliphatic heterocycles. The molecule has 1 saturated heterocycles. The molecule has 8 heteroatoms. The predicted molar refractivity (Wildman–Crippen MR) is 101 cm³/mol. The molecule has 1 aromatic carbocycles. The van der Waals surface area contributed by atoms with Crippen molar-refractivity contribution in [3.8, 4) is 0 Å². The van der Waals surface area contributed by atoms with E-state index in [4.69, 9.17) is 10.2 Å². The van der Waals surface area contributed by atoms with E-state index in [0.717, 1.165) is 0 Å². The Hall–Kier alpha value is -0.833. The monoisotopic (exact) mass is 434 g/mol. The minimum Gasteiger partial charge on any atom is -0.415 e. The van der Waals surface area contributed by atoms with E-state index in [-0.39, 0.29) is 21.8 Å². The summed E-state index contributed by atoms with van der Waals surface area (Å²) < 4.78 is 34.5. The summed E-state index contributed by atoms with van der Waals surface area (Å²) in [6.45, 7) is 10.8. The van der Waals surface area contributed by atoms with E-state index in [1.54, 1.807) is 0 Å². The number of nitrogens with two attached hydrogens (primary N) is 1. The molecule has 1 amide bonds. The van der Waals surface area contributed by atoms with Crippen molar-refractivity contribution in [2.24, 2.45) is 5.73 Å². The van der Waals surface area contributed by atoms with Gasteiger partial charge in [0.2, 0.25) is 5.91 Å². The molecule has 2 N–H and O–H groups in total. The van der Waals surface area contributed by atoms with Crippen LogP contribution in [0.2, 0.25) is 18.1 Å². The van der Waals surface area contributed by atoms with Crippen molar-refractivity contribution >= 4 is 35.8 Å². The molecule has 2 rings (SSSR count). The number of carbonyl (C=O) groups is 1. The molecule has 4 nitrogen and oxygen atoms in total. The topological polar surface area (TPSA) is 55.6 Å². The van der Waals surface area contributed by atoms with Gasteiger partial charge in [0.25, 0.3) is 0 Å². The van der Waals surface area contributed by atoms with E-state index in [0.29, 0.717) is 6.42 Å². The number of hydrogen-bond donors (Lipinski definition) is 1. The Morgan fingerprint density at radius 3 is 2.48 bits per heavy atom. The van der Waals surface area contributed by atoms with Crippen LogP contribution in [0, 0.1) is 11.6 Å². The summed E-state index contributed by atoms with van der Waals surface area (Å²) >= 11 is 2.95. The minimum atomic E-state index is -2.03. The highest BCUT2D eigenvalue weighted by atomic mass is 79.9. The smallest absolute Gasteiger partial charge is 0.244 e. The average molecular weight is 435 g/mol. The SMILES string of the molecule is CC(C)(C)[Si](C)(C)OC[C@@H]1CC(N)C(=O)N1c1ccc(Br)c(F)c1F. The summed E-state index contributed by atoms with van der Waals surface area (Å²) in [7, 11) is -2.03. The van der Waals surface area contributed by atoms with Gasteiger partial charge in [0, 0.05) is 0 Å². The predicted octanol–water partition coefficient (Wildman–Crippen LogP) is 4.18. The molecule has 1 aliphatic rings. The Morgan fingerprint density at radius 2 is 1.92 bits per heavy atom. The van der Waals surface area contributed by atoms with Crippen molar-refractivity contribution in [1.29, 1.82) is 0 Å². The summed E-state index contributed by atoms with van der Waals surface area (Å²) in [5, 5.41) is 0.0114. The molecule has 0 bridgehead atoms. The first-order valence-electron chi connectivity index (χ1n) is 8.23. The second-order valence-corrected chi connectivity index (χ2v) is 13.6. The minimum absolute atomic E-state index is 0.0114. The summed E-state index contributed by atoms with van der Waals surface area (Å²) in [6.07, 6.45) is 0.352. The Balaban J connectivity index is 2.29. The van der Waals surface area contributed by atoms with Crippen LogP contribution >= 0.6 is 15.9 Å². The fourth-order valence-corrected chi connectivity index (χ4v) is 3.89. The maximum atomic E-state index is 14.4. The van der Waals surface area contributed by atoms with Crippen LogP contribution < -0.4 is 10.6 Å². The fraction of sp³-hybridized carbons (Fsp3) is 0.588. The van der Waals surface area contributed by atoms with Gasteiger partial charge in [-0.15, -0.1) is 0 Å². The zero-order valence-electron chi connectivity index (χ0n) is 15.2. The molecule has 0 radical (unpaired) electrons. The van der Waals surface area contributed by atoms with E-state index in [9.17, 15) is 13.6 Å². The van der Waals surface area contributed by atoms with Gasteiger partial charge in [0.1, 0.15) is 0 Å². The molecule has 1 fully saturated rings. The molecular weight excluding hydrogens is 410 g/mol. The van der Waals surface area contributed by atoms with Gasteiger partial charge in [0.05, 0.1) is 28.9 Å². The maximum absolute atomic E-state index is 14.4. The van der Waals surface area contributed by atoms with Crippen molar-refractivity contribution in [1.82, 2.24) is 0 Å². The lowest BCUT2D eigenvalue weighted by molar-refractivity contribution is -0.118. The standard InChI is InChI=1S/C17H25BrF2N2O2Si/c1-17(2,3)25(4,5)24-9-10-8-12(21)16(23)22(10)13-7-6-11(18)14(19)15(13)20/h6-7,10,12H,8-9,21H2,1-5H3/t10-,12?/m0/s1. The largest absolute Gasteiger partial charge is 0.415 e. The van der Waals surface area contributed by atoms with Crippen LogP contribution in [0.5, 0.6) is 0 Å². The van der Waals surface area contributed by atoms with Crippen molar-refractivity contribution in [3.63, 3.8) is 0 Å². The van der Waals surface area contributed by atoms with Crippen LogP contribution in [-0.2, 0) is 9.22 Å². The van der Waals surface area contributed by atoms with Gasteiger partial charge in [-0.3, -0.25) is 4.79 Å². The summed E-state index contributed by atoms with van der Waals surface area (Å²) in [5.74, 6) is -2.49. The van der Waals surface area contributed by atoms with E-state index in [1.807, 2.05) is 0 Å². The van der Waals surface area contributed by atoms with Crippen molar-refractivity contribution in [2.75, 3.05) is 11.5 Å². The van der Waals surface area contributed by atoms with Gasteiger partial charge in [-0.2, -0.15) is 0 Å². The van der Waals surface area contributed by atoms with Crippen LogP contribution in [0.3, 0.4) is 0 Å². The van der Waals surface area contributed by atoms with Gasteiger partial charge in [0.15, 0.2) is 20.0 Å². The first-order valence-corrected chi connectivity index (χ1v) is 11.9. The van der Waals surface area contributed by atoms with Gasteiger partial charge >= 0.3 is 0 Å². The van der Waals surface area contributed by atoms with Gasteiger partial charge in [-0.1, -0.05) is 20.8 Å². The first-order chi connectivity index (χ1) is 11.4. The molecule has 0 aromatic heterocycles. The van der Waals surface area contributed by atoms with Crippen molar-refractivity contribution in [3.05, 3.63) is 28.2 Å². The maximum Gasteiger partial charge on any atom is 0.244 e. The number of hydrogen-bond acceptors (Lipinski definition) is 3. The molecule has 0 spiro atoms. The van der Waals surface area contributed by atoms with Crippen LogP contribution in [0.4, 0.5) is 14.5 Å². The van der Waals surface area contributed by atoms with Crippen LogP contribution in [0.15, 0.2) is 16.6 Å². The summed E-state index contributed by atoms with van der Waals surface area (Å²) in [5.41, 5.74) is 5.78. The summed E-state index contributed by atoms with van der Waals surface area (Å²) in [4.78, 5) is 13.7. The van der Waals surface area contributed by atoms with Crippen LogP contribution in [0.25, 0.3) is 0 Å². The van der Waals surface area contributed by atoms with E-state index < -0.39 is 37.9 Å². The quantitative estimate of drug-likeness (QED) is 0.570. The second-order valence-electron chi connectivity index (χ2n) is 7.97. The number of amides is 1. The first kappa shape index (κ1) is 20.5. The molecule has 0 aliphatic carbocycles. The van der Waals surface area contributed by atoms with Crippen LogP contribution in [0.1, 0.15) is 27.2 Å². The molecular formula is C17H25BrF2N2O2Si. The van der Waals surface area contributed by atoms with E-state index in [1.165, 1.54) is 17.0 Å². The van der Waals surface area contributed by atoms with E-state index >= 15 is 0 Å². The van der Waals surface area contributed by atoms with Crippen molar-refractivity contribution < 1.29 is 18.0 Å². The number of benzene rings is 1. The van der Waals surface area contributed by atoms with Gasteiger partial charge < -0.3 is 15.1 Å². The molecule has 0 saturated carbocycles. The highest BCUT2D eigenvalue weighted by molar-refractivity contribution is 9.10. The van der Waals surface area contributed by atoms with Gasteiger partial charge in [-0.05, 0) is 52.6 Å². The molecule has 1 heterocycles. The average Bonchev–Trinajstić information content (AvgIpc) is 2.77. The lowest BCUT2D eigenvalue weighted by Crippen LogP contribution is -2.45. The third-order valence-corrected chi connectivity index (χ3v) is 10.3. The molecule has 1 unspecified atom stereocenters. The number of nitrogens with zero attached hydrogens (tertiary/aromatic N) is 1. The Morgan fingerprint density at radius 1 is 1.32 bits per heavy atom. The summed E-state index contributed by atoms with van der Waals surface area (Å²) in [6, 6.07) is 1.62. The molecule has 140 valence electrons. The molecule has 1 aromatic rings. The van der Waals surface area contributed by atoms with Crippen molar-refractivity contribution in [2.45, 2.75) is 57.4 Å². The lowest BCUT2D eigenvalue weighted by atomic mass is 10.2. The second kappa shape index (κ2) is 7.06. The van der Waals surface area contributed by atoms with E-state index in [2.05, 4.69) is 49.8 Å². The number of halogens is 3. The zero-order valence-corrected chi connectivity index (χ0v) is 17.8. The Bertz CT molecular complexity index is 679. The third-order valence-electron chi connectivity index (χ3n) is 5.16. The number of rotatable bonds is 4. The fourth-order valence-electron chi connectivity index (χ4n) is 2.54. The Kier molecular flexibility index (Phi) is 5.78. The number of anilines is 1. The number of carbonyl (C=O) groups excluding carboxylic acids is 1. The van der Waals surface area contributed by atoms with Crippen LogP contribution in [-0.4, -0.2) is 32.9 Å². The molecule has 2 atom stereocenters. The van der Waals surface area contributed by atoms with Gasteiger partial charge in [-0.25, -0.2) is 8.78 Å². The highest BCUT2D eigenvalue weighted by Crippen LogP contribution is 2.38. The molecule has 25 heavy (non-hydrogen) atoms. The lowest BCUT2D eigenvalue weighted by Gasteiger charge is -2.38. The third kappa shape index (κ3) is 3.96. The highest BCUT2D eigenvalue weighted by Gasteiger charge is 2.43. The zero-order chi connectivity index (χ0) is 19.2. The normalized spacial score (nSPS) is 22.0. The Labute approximate surface area is 157 Å².